The average molecular weight is 410 g/mol. The van der Waals surface area contributed by atoms with Crippen LogP contribution in [0.4, 0.5) is 0 Å². The number of piperidine rings is 1. The molecule has 2 aliphatic rings. The summed E-state index contributed by atoms with van der Waals surface area (Å²) in [6, 6.07) is 11.7. The molecular formula is C22H22N2O4S. The first kappa shape index (κ1) is 18.2. The number of fused-ring (bicyclic) bond motifs is 2. The van der Waals surface area contributed by atoms with E-state index in [1.54, 1.807) is 30.6 Å². The quantitative estimate of drug-likeness (QED) is 0.651. The lowest BCUT2D eigenvalue weighted by molar-refractivity contribution is 0.0705. The van der Waals surface area contributed by atoms with Crippen molar-refractivity contribution in [3.8, 4) is 17.2 Å². The van der Waals surface area contributed by atoms with E-state index < -0.39 is 0 Å². The summed E-state index contributed by atoms with van der Waals surface area (Å²) in [6.45, 7) is 2.37. The SMILES string of the molecule is COc1cc(C(=O)N2CCC[C@@H](c3nc4ccccc4s3)C2)cc2c1OCCO2. The first-order valence-corrected chi connectivity index (χ1v) is 10.7. The number of methoxy groups -OCH3 is 1. The fraction of sp³-hybridized carbons (Fsp3) is 0.364. The maximum absolute atomic E-state index is 13.3. The van der Waals surface area contributed by atoms with Gasteiger partial charge >= 0.3 is 0 Å². The Morgan fingerprint density at radius 2 is 2.10 bits per heavy atom. The van der Waals surface area contributed by atoms with Crippen LogP contribution in [0.2, 0.25) is 0 Å². The maximum Gasteiger partial charge on any atom is 0.254 e. The van der Waals surface area contributed by atoms with Crippen LogP contribution in [0.1, 0.15) is 34.1 Å². The highest BCUT2D eigenvalue weighted by Gasteiger charge is 2.29. The van der Waals surface area contributed by atoms with Crippen LogP contribution in [-0.4, -0.2) is 49.2 Å². The Bertz CT molecular complexity index is 1010. The third-order valence-corrected chi connectivity index (χ3v) is 6.64. The van der Waals surface area contributed by atoms with Crippen molar-refractivity contribution in [3.63, 3.8) is 0 Å². The van der Waals surface area contributed by atoms with Gasteiger partial charge in [-0.3, -0.25) is 4.79 Å². The Kier molecular flexibility index (Phi) is 4.75. The smallest absolute Gasteiger partial charge is 0.254 e. The van der Waals surface area contributed by atoms with Gasteiger partial charge in [0, 0.05) is 24.6 Å². The molecule has 0 aliphatic carbocycles. The van der Waals surface area contributed by atoms with E-state index in [1.807, 2.05) is 23.1 Å². The van der Waals surface area contributed by atoms with E-state index in [1.165, 1.54) is 4.70 Å². The molecule has 1 saturated heterocycles. The molecule has 0 spiro atoms. The van der Waals surface area contributed by atoms with E-state index in [4.69, 9.17) is 19.2 Å². The molecule has 0 bridgehead atoms. The van der Waals surface area contributed by atoms with E-state index in [-0.39, 0.29) is 11.8 Å². The summed E-state index contributed by atoms with van der Waals surface area (Å²) in [5.74, 6) is 1.93. The lowest BCUT2D eigenvalue weighted by atomic mass is 9.98. The second-order valence-corrected chi connectivity index (χ2v) is 8.38. The Balaban J connectivity index is 1.40. The minimum absolute atomic E-state index is 0.00826. The van der Waals surface area contributed by atoms with Crippen LogP contribution in [0.25, 0.3) is 10.2 Å². The first-order valence-electron chi connectivity index (χ1n) is 9.85. The molecule has 5 rings (SSSR count). The highest BCUT2D eigenvalue weighted by molar-refractivity contribution is 7.18. The monoisotopic (exact) mass is 410 g/mol. The number of ether oxygens (including phenoxy) is 3. The highest BCUT2D eigenvalue weighted by atomic mass is 32.1. The number of aromatic nitrogens is 1. The molecule has 0 saturated carbocycles. The molecule has 1 atom stereocenters. The Morgan fingerprint density at radius 3 is 2.97 bits per heavy atom. The van der Waals surface area contributed by atoms with Crippen LogP contribution in [-0.2, 0) is 0 Å². The number of amides is 1. The van der Waals surface area contributed by atoms with Gasteiger partial charge in [-0.25, -0.2) is 4.98 Å². The third kappa shape index (κ3) is 3.40. The number of likely N-dealkylation sites (tertiary alicyclic amines) is 1. The van der Waals surface area contributed by atoms with Crippen LogP contribution in [0.3, 0.4) is 0 Å². The zero-order valence-corrected chi connectivity index (χ0v) is 17.0. The van der Waals surface area contributed by atoms with E-state index in [0.29, 0.717) is 42.6 Å². The molecule has 0 N–H and O–H groups in total. The molecule has 3 heterocycles. The summed E-state index contributed by atoms with van der Waals surface area (Å²) in [5.41, 5.74) is 1.60. The first-order chi connectivity index (χ1) is 14.2. The van der Waals surface area contributed by atoms with Crippen molar-refractivity contribution in [2.24, 2.45) is 0 Å². The summed E-state index contributed by atoms with van der Waals surface area (Å²) in [5, 5.41) is 1.11. The molecule has 1 aromatic heterocycles. The second kappa shape index (κ2) is 7.55. The van der Waals surface area contributed by atoms with Gasteiger partial charge in [0.2, 0.25) is 5.75 Å². The van der Waals surface area contributed by atoms with E-state index in [0.717, 1.165) is 29.9 Å². The number of nitrogens with zero attached hydrogens (tertiary/aromatic N) is 2. The van der Waals surface area contributed by atoms with Gasteiger partial charge in [-0.1, -0.05) is 12.1 Å². The van der Waals surface area contributed by atoms with Crippen LogP contribution >= 0.6 is 11.3 Å². The molecule has 1 fully saturated rings. The predicted molar refractivity (Wildman–Crippen MR) is 111 cm³/mol. The molecule has 1 amide bonds. The fourth-order valence-electron chi connectivity index (χ4n) is 4.01. The lowest BCUT2D eigenvalue weighted by Gasteiger charge is -2.32. The number of hydrogen-bond donors (Lipinski definition) is 0. The molecule has 0 radical (unpaired) electrons. The van der Waals surface area contributed by atoms with Gasteiger partial charge in [0.25, 0.3) is 5.91 Å². The standard InChI is InChI=1S/C22H22N2O4S/c1-26-17-11-15(12-18-20(17)28-10-9-27-18)22(25)24-8-4-5-14(13-24)21-23-16-6-2-3-7-19(16)29-21/h2-3,6-7,11-12,14H,4-5,8-10,13H2,1H3/t14-/m1/s1. The molecule has 7 heteroatoms. The number of para-hydroxylation sites is 1. The van der Waals surface area contributed by atoms with Crippen LogP contribution in [0.5, 0.6) is 17.2 Å². The predicted octanol–water partition coefficient (Wildman–Crippen LogP) is 4.10. The zero-order chi connectivity index (χ0) is 19.8. The molecule has 2 aliphatic heterocycles. The summed E-state index contributed by atoms with van der Waals surface area (Å²) in [6.07, 6.45) is 2.02. The van der Waals surface area contributed by atoms with Crippen LogP contribution in [0, 0.1) is 0 Å². The van der Waals surface area contributed by atoms with Crippen molar-refractivity contribution < 1.29 is 19.0 Å². The molecule has 29 heavy (non-hydrogen) atoms. The largest absolute Gasteiger partial charge is 0.493 e. The number of carbonyl (C=O) groups excluding carboxylic acids is 1. The Labute approximate surface area is 173 Å². The molecule has 6 nitrogen and oxygen atoms in total. The third-order valence-electron chi connectivity index (χ3n) is 5.44. The highest BCUT2D eigenvalue weighted by Crippen LogP contribution is 2.41. The van der Waals surface area contributed by atoms with Gasteiger partial charge in [-0.2, -0.15) is 0 Å². The summed E-state index contributed by atoms with van der Waals surface area (Å²) >= 11 is 1.73. The lowest BCUT2D eigenvalue weighted by Crippen LogP contribution is -2.39. The summed E-state index contributed by atoms with van der Waals surface area (Å²) < 4.78 is 18.0. The number of thiazole rings is 1. The molecular weight excluding hydrogens is 388 g/mol. The van der Waals surface area contributed by atoms with E-state index in [2.05, 4.69) is 6.07 Å². The molecule has 2 aromatic carbocycles. The van der Waals surface area contributed by atoms with Gasteiger partial charge in [-0.15, -0.1) is 11.3 Å². The van der Waals surface area contributed by atoms with E-state index in [9.17, 15) is 4.79 Å². The molecule has 150 valence electrons. The van der Waals surface area contributed by atoms with Gasteiger partial charge in [0.1, 0.15) is 13.2 Å². The number of carbonyl (C=O) groups is 1. The van der Waals surface area contributed by atoms with Crippen molar-refractivity contribution >= 4 is 27.5 Å². The molecule has 3 aromatic rings. The number of rotatable bonds is 3. The van der Waals surface area contributed by atoms with Crippen LogP contribution < -0.4 is 14.2 Å². The minimum Gasteiger partial charge on any atom is -0.493 e. The maximum atomic E-state index is 13.3. The Morgan fingerprint density at radius 1 is 1.24 bits per heavy atom. The second-order valence-electron chi connectivity index (χ2n) is 7.31. The normalized spacial score (nSPS) is 18.7. The number of hydrogen-bond acceptors (Lipinski definition) is 6. The topological polar surface area (TPSA) is 60.9 Å². The fourth-order valence-corrected chi connectivity index (χ4v) is 5.10. The van der Waals surface area contributed by atoms with Crippen molar-refractivity contribution in [2.45, 2.75) is 18.8 Å². The van der Waals surface area contributed by atoms with E-state index >= 15 is 0 Å². The van der Waals surface area contributed by atoms with Gasteiger partial charge in [0.05, 0.1) is 22.3 Å². The average Bonchev–Trinajstić information content (AvgIpc) is 3.22. The van der Waals surface area contributed by atoms with Crippen molar-refractivity contribution in [3.05, 3.63) is 47.0 Å². The summed E-state index contributed by atoms with van der Waals surface area (Å²) in [7, 11) is 1.58. The van der Waals surface area contributed by atoms with Crippen molar-refractivity contribution in [1.82, 2.24) is 9.88 Å². The molecule has 0 unspecified atom stereocenters. The van der Waals surface area contributed by atoms with Gasteiger partial charge < -0.3 is 19.1 Å². The van der Waals surface area contributed by atoms with Crippen LogP contribution in [0.15, 0.2) is 36.4 Å². The zero-order valence-electron chi connectivity index (χ0n) is 16.2. The van der Waals surface area contributed by atoms with Crippen molar-refractivity contribution in [1.29, 1.82) is 0 Å². The minimum atomic E-state index is -0.00826. The summed E-state index contributed by atoms with van der Waals surface area (Å²) in [4.78, 5) is 20.0. The van der Waals surface area contributed by atoms with Crippen molar-refractivity contribution in [2.75, 3.05) is 33.4 Å². The Hall–Kier alpha value is -2.80. The van der Waals surface area contributed by atoms with Gasteiger partial charge in [-0.05, 0) is 37.1 Å². The number of benzene rings is 2. The van der Waals surface area contributed by atoms with Gasteiger partial charge in [0.15, 0.2) is 11.5 Å².